The Morgan fingerprint density at radius 2 is 1.88 bits per heavy atom. The summed E-state index contributed by atoms with van der Waals surface area (Å²) in [5, 5.41) is 0. The first-order valence-electron chi connectivity index (χ1n) is 8.50. The molecule has 0 aromatic carbocycles. The fraction of sp³-hybridized carbons (Fsp3) is 0.667. The second kappa shape index (κ2) is 7.99. The van der Waals surface area contributed by atoms with Crippen molar-refractivity contribution in [3.05, 3.63) is 24.0 Å². The molecule has 0 N–H and O–H groups in total. The van der Waals surface area contributed by atoms with Crippen molar-refractivity contribution in [1.29, 1.82) is 0 Å². The quantitative estimate of drug-likeness (QED) is 0.748. The molecule has 6 heteroatoms. The highest BCUT2D eigenvalue weighted by Crippen LogP contribution is 2.41. The average molecular weight is 344 g/mol. The number of fused-ring (bicyclic) bond motifs is 1. The molecule has 1 aromatic heterocycles. The number of nitrogens with zero attached hydrogens (tertiary/aromatic N) is 2. The highest BCUT2D eigenvalue weighted by atomic mass is 19.4. The molecule has 1 amide bonds. The molecule has 1 aliphatic heterocycles. The van der Waals surface area contributed by atoms with Gasteiger partial charge in [0.15, 0.2) is 0 Å². The summed E-state index contributed by atoms with van der Waals surface area (Å²) in [7, 11) is 0. The third kappa shape index (κ3) is 4.95. The molecular weight excluding hydrogens is 317 g/mol. The molecule has 24 heavy (non-hydrogen) atoms. The van der Waals surface area contributed by atoms with E-state index in [0.29, 0.717) is 11.3 Å². The van der Waals surface area contributed by atoms with Crippen LogP contribution in [-0.2, 0) is 10.2 Å². The molecule has 2 heterocycles. The van der Waals surface area contributed by atoms with Crippen molar-refractivity contribution >= 4 is 11.6 Å². The fourth-order valence-corrected chi connectivity index (χ4v) is 2.53. The second-order valence-corrected chi connectivity index (χ2v) is 6.38. The minimum Gasteiger partial charge on any atom is -0.302 e. The zero-order valence-corrected chi connectivity index (χ0v) is 15.1. The Morgan fingerprint density at radius 3 is 2.29 bits per heavy atom. The maximum atomic E-state index is 12.4. The number of halogens is 3. The van der Waals surface area contributed by atoms with Gasteiger partial charge in [-0.1, -0.05) is 40.0 Å². The van der Waals surface area contributed by atoms with E-state index in [1.54, 1.807) is 13.8 Å². The van der Waals surface area contributed by atoms with Gasteiger partial charge in [-0.05, 0) is 25.8 Å². The van der Waals surface area contributed by atoms with E-state index < -0.39 is 24.0 Å². The highest BCUT2D eigenvalue weighted by Gasteiger charge is 2.47. The molecule has 0 unspecified atom stereocenters. The van der Waals surface area contributed by atoms with E-state index in [4.69, 9.17) is 0 Å². The number of carbonyl (C=O) groups excluding carboxylic acids is 1. The summed E-state index contributed by atoms with van der Waals surface area (Å²) in [4.78, 5) is 16.6. The molecule has 136 valence electrons. The van der Waals surface area contributed by atoms with Crippen molar-refractivity contribution in [2.45, 2.75) is 65.5 Å². The SMILES string of the molecule is CC.CC1(C)C(=O)N(CC(F)(F)F)c2ccncc21.CCC1CC1. The number of carbonyl (C=O) groups is 1. The Balaban J connectivity index is 0.000000346. The lowest BCUT2D eigenvalue weighted by Crippen LogP contribution is -2.41. The largest absolute Gasteiger partial charge is 0.406 e. The summed E-state index contributed by atoms with van der Waals surface area (Å²) in [6, 6.07) is 1.44. The molecule has 2 aliphatic rings. The van der Waals surface area contributed by atoms with E-state index in [2.05, 4.69) is 11.9 Å². The zero-order valence-electron chi connectivity index (χ0n) is 15.1. The molecule has 1 fully saturated rings. The third-order valence-corrected chi connectivity index (χ3v) is 4.15. The smallest absolute Gasteiger partial charge is 0.302 e. The van der Waals surface area contributed by atoms with Crippen LogP contribution in [0.2, 0.25) is 0 Å². The first-order chi connectivity index (χ1) is 11.2. The number of hydrogen-bond acceptors (Lipinski definition) is 2. The molecule has 1 aliphatic carbocycles. The van der Waals surface area contributed by atoms with Gasteiger partial charge in [0.05, 0.1) is 11.1 Å². The van der Waals surface area contributed by atoms with Gasteiger partial charge in [0.1, 0.15) is 6.54 Å². The third-order valence-electron chi connectivity index (χ3n) is 4.15. The van der Waals surface area contributed by atoms with Crippen LogP contribution in [-0.4, -0.2) is 23.6 Å². The molecule has 0 radical (unpaired) electrons. The number of anilines is 1. The van der Waals surface area contributed by atoms with Crippen LogP contribution in [0.5, 0.6) is 0 Å². The van der Waals surface area contributed by atoms with Crippen LogP contribution in [0, 0.1) is 5.92 Å². The molecule has 0 bridgehead atoms. The molecule has 3 rings (SSSR count). The summed E-state index contributed by atoms with van der Waals surface area (Å²) in [5.41, 5.74) is -0.115. The van der Waals surface area contributed by atoms with Crippen molar-refractivity contribution in [3.8, 4) is 0 Å². The number of amides is 1. The van der Waals surface area contributed by atoms with Crippen LogP contribution in [0.1, 0.15) is 59.4 Å². The maximum absolute atomic E-state index is 12.4. The minimum atomic E-state index is -4.41. The maximum Gasteiger partial charge on any atom is 0.406 e. The van der Waals surface area contributed by atoms with Gasteiger partial charge in [0.2, 0.25) is 5.91 Å². The Hall–Kier alpha value is -1.59. The summed E-state index contributed by atoms with van der Waals surface area (Å²) in [6.45, 7) is 8.21. The average Bonchev–Trinajstić information content (AvgIpc) is 3.35. The zero-order chi connectivity index (χ0) is 18.5. The predicted molar refractivity (Wildman–Crippen MR) is 90.0 cm³/mol. The summed E-state index contributed by atoms with van der Waals surface area (Å²) in [6.07, 6.45) is 2.87. The summed E-state index contributed by atoms with van der Waals surface area (Å²) >= 11 is 0. The summed E-state index contributed by atoms with van der Waals surface area (Å²) < 4.78 is 37.3. The number of pyridine rings is 1. The second-order valence-electron chi connectivity index (χ2n) is 6.38. The lowest BCUT2D eigenvalue weighted by molar-refractivity contribution is -0.134. The fourth-order valence-electron chi connectivity index (χ4n) is 2.53. The van der Waals surface area contributed by atoms with Crippen LogP contribution in [0.25, 0.3) is 0 Å². The van der Waals surface area contributed by atoms with Gasteiger partial charge in [-0.15, -0.1) is 0 Å². The van der Waals surface area contributed by atoms with E-state index in [1.807, 2.05) is 13.8 Å². The normalized spacial score (nSPS) is 18.2. The van der Waals surface area contributed by atoms with Crippen LogP contribution < -0.4 is 4.90 Å². The van der Waals surface area contributed by atoms with Gasteiger partial charge >= 0.3 is 6.18 Å². The first kappa shape index (κ1) is 20.5. The molecule has 0 spiro atoms. The van der Waals surface area contributed by atoms with E-state index in [-0.39, 0.29) is 0 Å². The lowest BCUT2D eigenvalue weighted by atomic mass is 9.87. The van der Waals surface area contributed by atoms with Crippen LogP contribution >= 0.6 is 0 Å². The van der Waals surface area contributed by atoms with E-state index in [1.165, 1.54) is 37.7 Å². The van der Waals surface area contributed by atoms with Crippen molar-refractivity contribution in [2.24, 2.45) is 5.92 Å². The number of aromatic nitrogens is 1. The monoisotopic (exact) mass is 344 g/mol. The van der Waals surface area contributed by atoms with Gasteiger partial charge in [-0.2, -0.15) is 13.2 Å². The Bertz CT molecular complexity index is 551. The molecule has 0 saturated heterocycles. The first-order valence-corrected chi connectivity index (χ1v) is 8.50. The molecule has 1 aromatic rings. The van der Waals surface area contributed by atoms with Crippen molar-refractivity contribution in [3.63, 3.8) is 0 Å². The molecule has 1 saturated carbocycles. The molecule has 0 atom stereocenters. The summed E-state index contributed by atoms with van der Waals surface area (Å²) in [5.74, 6) is 0.591. The Morgan fingerprint density at radius 1 is 1.29 bits per heavy atom. The van der Waals surface area contributed by atoms with E-state index in [9.17, 15) is 18.0 Å². The number of hydrogen-bond donors (Lipinski definition) is 0. The predicted octanol–water partition coefficient (Wildman–Crippen LogP) is 5.10. The Kier molecular flexibility index (Phi) is 6.81. The van der Waals surface area contributed by atoms with Crippen molar-refractivity contribution < 1.29 is 18.0 Å². The molecular formula is C18H27F3N2O. The molecule has 3 nitrogen and oxygen atoms in total. The van der Waals surface area contributed by atoms with Crippen LogP contribution in [0.3, 0.4) is 0 Å². The van der Waals surface area contributed by atoms with Gasteiger partial charge < -0.3 is 4.90 Å². The Labute approximate surface area is 142 Å². The number of rotatable bonds is 2. The van der Waals surface area contributed by atoms with E-state index >= 15 is 0 Å². The highest BCUT2D eigenvalue weighted by molar-refractivity contribution is 6.07. The lowest BCUT2D eigenvalue weighted by Gasteiger charge is -2.21. The van der Waals surface area contributed by atoms with Crippen molar-refractivity contribution in [2.75, 3.05) is 11.4 Å². The topological polar surface area (TPSA) is 33.2 Å². The van der Waals surface area contributed by atoms with Gasteiger partial charge in [-0.3, -0.25) is 9.78 Å². The standard InChI is InChI=1S/C11H11F3N2O.C5H10.C2H6/c1-10(2)7-5-15-4-3-8(7)16(9(10)17)6-11(12,13)14;1-2-5-3-4-5;1-2/h3-5H,6H2,1-2H3;5H,2-4H2,1H3;1-2H3. The van der Waals surface area contributed by atoms with Gasteiger partial charge in [-0.25, -0.2) is 0 Å². The van der Waals surface area contributed by atoms with Gasteiger partial charge in [0, 0.05) is 18.0 Å². The minimum absolute atomic E-state index is 0.298. The van der Waals surface area contributed by atoms with Crippen molar-refractivity contribution in [1.82, 2.24) is 4.98 Å². The van der Waals surface area contributed by atoms with Gasteiger partial charge in [0.25, 0.3) is 0 Å². The van der Waals surface area contributed by atoms with Crippen LogP contribution in [0.15, 0.2) is 18.5 Å². The number of alkyl halides is 3. The van der Waals surface area contributed by atoms with Crippen LogP contribution in [0.4, 0.5) is 18.9 Å². The van der Waals surface area contributed by atoms with E-state index in [0.717, 1.165) is 10.8 Å².